The Labute approximate surface area is 185 Å². The topological polar surface area (TPSA) is 88.0 Å². The summed E-state index contributed by atoms with van der Waals surface area (Å²) in [7, 11) is 0. The molecule has 3 heterocycles. The Hall–Kier alpha value is -3.51. The molecule has 12 heteroatoms. The van der Waals surface area contributed by atoms with E-state index in [9.17, 15) is 18.0 Å². The summed E-state index contributed by atoms with van der Waals surface area (Å²) in [4.78, 5) is 21.6. The molecule has 0 unspecified atom stereocenters. The van der Waals surface area contributed by atoms with Crippen LogP contribution in [0.4, 0.5) is 18.3 Å². The van der Waals surface area contributed by atoms with Crippen molar-refractivity contribution >= 4 is 54.0 Å². The first kappa shape index (κ1) is 20.4. The molecular weight excluding hydrogens is 461 g/mol. The summed E-state index contributed by atoms with van der Waals surface area (Å²) in [5, 5.41) is 6.70. The summed E-state index contributed by atoms with van der Waals surface area (Å²) in [6, 6.07) is 14.4. The molecule has 2 aromatic carbocycles. The molecule has 7 nitrogen and oxygen atoms in total. The van der Waals surface area contributed by atoms with Crippen LogP contribution >= 0.6 is 22.7 Å². The van der Waals surface area contributed by atoms with Gasteiger partial charge in [-0.3, -0.25) is 15.3 Å². The Morgan fingerprint density at radius 2 is 1.66 bits per heavy atom. The Morgan fingerprint density at radius 1 is 1.03 bits per heavy atom. The highest BCUT2D eigenvalue weighted by Crippen LogP contribution is 2.31. The van der Waals surface area contributed by atoms with Crippen LogP contribution in [0.5, 0.6) is 0 Å². The second-order valence-corrected chi connectivity index (χ2v) is 8.80. The minimum atomic E-state index is -4.79. The van der Waals surface area contributed by atoms with Gasteiger partial charge in [-0.15, -0.1) is 0 Å². The van der Waals surface area contributed by atoms with Crippen molar-refractivity contribution in [3.63, 3.8) is 0 Å². The van der Waals surface area contributed by atoms with Crippen molar-refractivity contribution in [2.24, 2.45) is 5.10 Å². The average Bonchev–Trinajstić information content (AvgIpc) is 3.45. The number of alkyl halides is 3. The van der Waals surface area contributed by atoms with Crippen molar-refractivity contribution in [2.75, 3.05) is 5.43 Å². The van der Waals surface area contributed by atoms with E-state index in [0.717, 1.165) is 30.9 Å². The summed E-state index contributed by atoms with van der Waals surface area (Å²) in [6.45, 7) is 1.34. The lowest BCUT2D eigenvalue weighted by Crippen LogP contribution is -2.21. The number of nitrogens with one attached hydrogen (secondary N) is 2. The number of thiazole rings is 2. The maximum absolute atomic E-state index is 13.7. The van der Waals surface area contributed by atoms with Gasteiger partial charge < -0.3 is 0 Å². The number of halogens is 3. The molecule has 0 saturated carbocycles. The molecule has 162 valence electrons. The van der Waals surface area contributed by atoms with Crippen molar-refractivity contribution < 1.29 is 13.2 Å². The standard InChI is InChI=1S/C20H13F3N6OS2/c1-10(26-27-18-24-11-6-2-4-8-13(11)31-18)15-16(20(21,22)23)28-29(17(15)30)19-25-12-7-3-5-9-14(12)32-19/h2-9,28H,1H3,(H,24,27). The molecule has 5 rings (SSSR count). The third-order valence-corrected chi connectivity index (χ3v) is 6.59. The molecule has 0 saturated heterocycles. The van der Waals surface area contributed by atoms with E-state index in [0.29, 0.717) is 10.6 Å². The Balaban J connectivity index is 1.57. The van der Waals surface area contributed by atoms with Crippen molar-refractivity contribution in [3.05, 3.63) is 70.1 Å². The fourth-order valence-corrected chi connectivity index (χ4v) is 4.91. The molecule has 0 fully saturated rings. The van der Waals surface area contributed by atoms with Gasteiger partial charge in [0.1, 0.15) is 0 Å². The molecule has 3 aromatic heterocycles. The number of anilines is 1. The number of hydrogen-bond acceptors (Lipinski definition) is 7. The molecular formula is C20H13F3N6OS2. The van der Waals surface area contributed by atoms with Gasteiger partial charge in [0.05, 0.1) is 31.7 Å². The van der Waals surface area contributed by atoms with Gasteiger partial charge in [-0.1, -0.05) is 46.9 Å². The van der Waals surface area contributed by atoms with Crippen LogP contribution in [-0.2, 0) is 6.18 Å². The predicted molar refractivity (Wildman–Crippen MR) is 120 cm³/mol. The van der Waals surface area contributed by atoms with Crippen LogP contribution in [0, 0.1) is 0 Å². The number of benzene rings is 2. The molecule has 0 amide bonds. The molecule has 0 radical (unpaired) electrons. The largest absolute Gasteiger partial charge is 0.433 e. The van der Waals surface area contributed by atoms with Gasteiger partial charge in [0.15, 0.2) is 5.69 Å². The van der Waals surface area contributed by atoms with Gasteiger partial charge in [0, 0.05) is 0 Å². The number of hydrogen-bond donors (Lipinski definition) is 2. The molecule has 5 aromatic rings. The highest BCUT2D eigenvalue weighted by Gasteiger charge is 2.39. The van der Waals surface area contributed by atoms with Gasteiger partial charge in [-0.2, -0.15) is 23.0 Å². The van der Waals surface area contributed by atoms with E-state index < -0.39 is 23.0 Å². The minimum Gasteiger partial charge on any atom is -0.284 e. The number of rotatable bonds is 4. The smallest absolute Gasteiger partial charge is 0.284 e. The average molecular weight is 474 g/mol. The summed E-state index contributed by atoms with van der Waals surface area (Å²) in [6.07, 6.45) is -4.79. The summed E-state index contributed by atoms with van der Waals surface area (Å²) in [5.41, 5.74) is 1.21. The molecule has 0 aliphatic heterocycles. The van der Waals surface area contributed by atoms with E-state index in [4.69, 9.17) is 0 Å². The monoisotopic (exact) mass is 474 g/mol. The third-order valence-electron chi connectivity index (χ3n) is 4.62. The van der Waals surface area contributed by atoms with Gasteiger partial charge in [0.2, 0.25) is 10.3 Å². The zero-order chi connectivity index (χ0) is 22.5. The number of aromatic amines is 1. The third kappa shape index (κ3) is 3.56. The summed E-state index contributed by atoms with van der Waals surface area (Å²) in [5.74, 6) is 0. The highest BCUT2D eigenvalue weighted by molar-refractivity contribution is 7.22. The normalized spacial score (nSPS) is 12.7. The lowest BCUT2D eigenvalue weighted by atomic mass is 10.1. The first-order valence-corrected chi connectivity index (χ1v) is 10.9. The van der Waals surface area contributed by atoms with Gasteiger partial charge in [0.25, 0.3) is 5.56 Å². The minimum absolute atomic E-state index is 0.111. The Morgan fingerprint density at radius 3 is 2.28 bits per heavy atom. The van der Waals surface area contributed by atoms with Crippen LogP contribution in [0.3, 0.4) is 0 Å². The van der Waals surface area contributed by atoms with Crippen molar-refractivity contribution in [3.8, 4) is 5.13 Å². The molecule has 0 aliphatic carbocycles. The van der Waals surface area contributed by atoms with Crippen LogP contribution in [0.15, 0.2) is 58.4 Å². The van der Waals surface area contributed by atoms with Gasteiger partial charge in [-0.25, -0.2) is 9.97 Å². The van der Waals surface area contributed by atoms with Crippen LogP contribution in [0.25, 0.3) is 25.6 Å². The van der Waals surface area contributed by atoms with Crippen molar-refractivity contribution in [1.82, 2.24) is 19.7 Å². The van der Waals surface area contributed by atoms with Crippen molar-refractivity contribution in [2.45, 2.75) is 13.1 Å². The van der Waals surface area contributed by atoms with Crippen molar-refractivity contribution in [1.29, 1.82) is 0 Å². The number of aromatic nitrogens is 4. The number of H-pyrrole nitrogens is 1. The number of nitrogens with zero attached hydrogens (tertiary/aromatic N) is 4. The van der Waals surface area contributed by atoms with Crippen LogP contribution in [0.1, 0.15) is 18.2 Å². The number of hydrazone groups is 1. The predicted octanol–water partition coefficient (Wildman–Crippen LogP) is 5.24. The van der Waals surface area contributed by atoms with E-state index in [1.165, 1.54) is 18.3 Å². The van der Waals surface area contributed by atoms with Crippen LogP contribution < -0.4 is 11.0 Å². The molecule has 2 N–H and O–H groups in total. The Bertz CT molecular complexity index is 1480. The van der Waals surface area contributed by atoms with E-state index in [2.05, 4.69) is 25.6 Å². The van der Waals surface area contributed by atoms with E-state index in [1.807, 2.05) is 24.3 Å². The van der Waals surface area contributed by atoms with Gasteiger partial charge >= 0.3 is 6.18 Å². The van der Waals surface area contributed by atoms with Crippen LogP contribution in [0.2, 0.25) is 0 Å². The maximum atomic E-state index is 13.7. The summed E-state index contributed by atoms with van der Waals surface area (Å²) >= 11 is 2.41. The second kappa shape index (κ2) is 7.57. The molecule has 32 heavy (non-hydrogen) atoms. The summed E-state index contributed by atoms with van der Waals surface area (Å²) < 4.78 is 43.7. The lowest BCUT2D eigenvalue weighted by molar-refractivity contribution is -0.141. The van der Waals surface area contributed by atoms with Crippen LogP contribution in [-0.4, -0.2) is 25.5 Å². The zero-order valence-electron chi connectivity index (χ0n) is 16.3. The fraction of sp³-hybridized carbons (Fsp3) is 0.100. The lowest BCUT2D eigenvalue weighted by Gasteiger charge is -2.06. The number of para-hydroxylation sites is 2. The highest BCUT2D eigenvalue weighted by atomic mass is 32.1. The molecule has 0 spiro atoms. The second-order valence-electron chi connectivity index (χ2n) is 6.76. The Kier molecular flexibility index (Phi) is 4.82. The molecule has 0 bridgehead atoms. The fourth-order valence-electron chi connectivity index (χ4n) is 3.18. The maximum Gasteiger partial charge on any atom is 0.433 e. The SMILES string of the molecule is CC(=NNc1nc2ccccc2s1)c1c(C(F)(F)F)[nH]n(-c2nc3ccccc3s2)c1=O. The van der Waals surface area contributed by atoms with E-state index in [1.54, 1.807) is 24.3 Å². The zero-order valence-corrected chi connectivity index (χ0v) is 17.9. The first-order valence-electron chi connectivity index (χ1n) is 9.25. The number of fused-ring (bicyclic) bond motifs is 2. The first-order chi connectivity index (χ1) is 15.3. The molecule has 0 atom stereocenters. The van der Waals surface area contributed by atoms with E-state index in [-0.39, 0.29) is 10.8 Å². The van der Waals surface area contributed by atoms with E-state index >= 15 is 0 Å². The van der Waals surface area contributed by atoms with Gasteiger partial charge in [-0.05, 0) is 31.2 Å². The molecule has 0 aliphatic rings. The quantitative estimate of drug-likeness (QED) is 0.275.